The summed E-state index contributed by atoms with van der Waals surface area (Å²) in [6, 6.07) is 14.5. The van der Waals surface area contributed by atoms with Crippen molar-refractivity contribution in [3.63, 3.8) is 0 Å². The zero-order valence-electron chi connectivity index (χ0n) is 12.8. The number of quaternary nitrogens is 1. The molecule has 0 spiro atoms. The molecule has 0 aliphatic heterocycles. The molecule has 8 heteroatoms. The fraction of sp³-hybridized carbons (Fsp3) is 0.188. The Bertz CT molecular complexity index is 776. The minimum atomic E-state index is -0.264. The minimum Gasteiger partial charge on any atom is -0.342 e. The van der Waals surface area contributed by atoms with Crippen LogP contribution in [0.2, 0.25) is 5.02 Å². The monoisotopic (exact) mass is 364 g/mol. The average Bonchev–Trinajstić information content (AvgIpc) is 3.06. The predicted molar refractivity (Wildman–Crippen MR) is 91.8 cm³/mol. The Kier molecular flexibility index (Phi) is 5.79. The van der Waals surface area contributed by atoms with Crippen LogP contribution in [0.25, 0.3) is 5.69 Å². The molecule has 0 saturated carbocycles. The first kappa shape index (κ1) is 16.9. The highest BCUT2D eigenvalue weighted by Crippen LogP contribution is 2.18. The molecule has 2 N–H and O–H groups in total. The van der Waals surface area contributed by atoms with E-state index in [4.69, 9.17) is 11.6 Å². The van der Waals surface area contributed by atoms with E-state index < -0.39 is 0 Å². The average molecular weight is 365 g/mol. The summed E-state index contributed by atoms with van der Waals surface area (Å²) in [6.07, 6.45) is 0. The topological polar surface area (TPSA) is 60.2 Å². The number of para-hydroxylation sites is 1. The summed E-state index contributed by atoms with van der Waals surface area (Å²) < 4.78 is 15.4. The Morgan fingerprint density at radius 2 is 1.96 bits per heavy atom. The second kappa shape index (κ2) is 8.23. The van der Waals surface area contributed by atoms with Gasteiger partial charge in [-0.15, -0.1) is 5.10 Å². The van der Waals surface area contributed by atoms with Crippen molar-refractivity contribution < 1.29 is 9.71 Å². The molecule has 0 fully saturated rings. The fourth-order valence-electron chi connectivity index (χ4n) is 2.21. The summed E-state index contributed by atoms with van der Waals surface area (Å²) in [7, 11) is 0. The van der Waals surface area contributed by atoms with Gasteiger partial charge in [-0.2, -0.15) is 4.68 Å². The van der Waals surface area contributed by atoms with E-state index in [1.165, 1.54) is 6.07 Å². The summed E-state index contributed by atoms with van der Waals surface area (Å²) in [5.41, 5.74) is 1.46. The molecule has 0 aliphatic rings. The predicted octanol–water partition coefficient (Wildman–Crippen LogP) is 2.31. The van der Waals surface area contributed by atoms with Gasteiger partial charge in [0.2, 0.25) is 5.16 Å². The number of rotatable bonds is 7. The maximum absolute atomic E-state index is 13.7. The summed E-state index contributed by atoms with van der Waals surface area (Å²) >= 11 is 7.58. The van der Waals surface area contributed by atoms with Crippen molar-refractivity contribution >= 4 is 23.4 Å². The van der Waals surface area contributed by atoms with E-state index >= 15 is 0 Å². The van der Waals surface area contributed by atoms with Gasteiger partial charge in [-0.25, -0.2) is 4.39 Å². The van der Waals surface area contributed by atoms with Gasteiger partial charge in [0, 0.05) is 0 Å². The zero-order chi connectivity index (χ0) is 16.8. The highest BCUT2D eigenvalue weighted by molar-refractivity contribution is 7.99. The Hall–Kier alpha value is -1.96. The number of thioether (sulfide) groups is 1. The van der Waals surface area contributed by atoms with Crippen molar-refractivity contribution in [3.05, 3.63) is 64.9 Å². The molecule has 5 nitrogen and oxygen atoms in total. The van der Waals surface area contributed by atoms with Gasteiger partial charge in [0.25, 0.3) is 0 Å². The number of nitrogens with zero attached hydrogens (tertiary/aromatic N) is 4. The van der Waals surface area contributed by atoms with E-state index in [1.54, 1.807) is 28.6 Å². The molecule has 24 heavy (non-hydrogen) atoms. The summed E-state index contributed by atoms with van der Waals surface area (Å²) in [6.45, 7) is 1.31. The Labute approximate surface area is 148 Å². The first-order chi connectivity index (χ1) is 11.8. The maximum Gasteiger partial charge on any atom is 0.214 e. The molecule has 0 atom stereocenters. The van der Waals surface area contributed by atoms with Crippen molar-refractivity contribution in [2.45, 2.75) is 11.7 Å². The summed E-state index contributed by atoms with van der Waals surface area (Å²) in [5.74, 6) is 0.540. The molecular weight excluding hydrogens is 349 g/mol. The first-order valence-electron chi connectivity index (χ1n) is 7.47. The minimum absolute atomic E-state index is 0.264. The third kappa shape index (κ3) is 4.11. The van der Waals surface area contributed by atoms with Gasteiger partial charge in [-0.05, 0) is 34.7 Å². The quantitative estimate of drug-likeness (QED) is 0.516. The van der Waals surface area contributed by atoms with Crippen LogP contribution in [0.1, 0.15) is 5.56 Å². The zero-order valence-corrected chi connectivity index (χ0v) is 14.3. The number of hydrogen-bond acceptors (Lipinski definition) is 4. The second-order valence-electron chi connectivity index (χ2n) is 5.04. The third-order valence-corrected chi connectivity index (χ3v) is 4.71. The molecule has 0 radical (unpaired) electrons. The fourth-order valence-corrected chi connectivity index (χ4v) is 3.27. The lowest BCUT2D eigenvalue weighted by atomic mass is 10.2. The van der Waals surface area contributed by atoms with Crippen LogP contribution in [0, 0.1) is 5.82 Å². The molecule has 124 valence electrons. The molecule has 1 heterocycles. The van der Waals surface area contributed by atoms with Crippen molar-refractivity contribution in [1.82, 2.24) is 20.2 Å². The van der Waals surface area contributed by atoms with Crippen LogP contribution in [-0.4, -0.2) is 32.5 Å². The molecular formula is C16H16ClFN5S+. The van der Waals surface area contributed by atoms with Gasteiger partial charge < -0.3 is 5.32 Å². The smallest absolute Gasteiger partial charge is 0.214 e. The van der Waals surface area contributed by atoms with Crippen LogP contribution in [0.3, 0.4) is 0 Å². The SMILES string of the molecule is Fc1cccc(Cl)c1C[NH2+]CCSc1nnnn1-c1ccccc1. The van der Waals surface area contributed by atoms with E-state index in [9.17, 15) is 4.39 Å². The van der Waals surface area contributed by atoms with Crippen LogP contribution in [0.15, 0.2) is 53.7 Å². The van der Waals surface area contributed by atoms with Gasteiger partial charge in [-0.3, -0.25) is 0 Å². The van der Waals surface area contributed by atoms with Gasteiger partial charge in [0.1, 0.15) is 12.4 Å². The Balaban J connectivity index is 1.51. The lowest BCUT2D eigenvalue weighted by molar-refractivity contribution is -0.666. The number of aromatic nitrogens is 4. The molecule has 0 aliphatic carbocycles. The molecule has 0 unspecified atom stereocenters. The van der Waals surface area contributed by atoms with Crippen molar-refractivity contribution in [2.75, 3.05) is 12.3 Å². The second-order valence-corrected chi connectivity index (χ2v) is 6.51. The van der Waals surface area contributed by atoms with E-state index in [1.807, 2.05) is 35.6 Å². The lowest BCUT2D eigenvalue weighted by Gasteiger charge is -2.06. The van der Waals surface area contributed by atoms with Crippen molar-refractivity contribution in [3.8, 4) is 5.69 Å². The molecule has 0 amide bonds. The van der Waals surface area contributed by atoms with Gasteiger partial charge in [0.05, 0.1) is 28.6 Å². The summed E-state index contributed by atoms with van der Waals surface area (Å²) in [4.78, 5) is 0. The van der Waals surface area contributed by atoms with Crippen LogP contribution in [-0.2, 0) is 6.54 Å². The number of benzene rings is 2. The number of nitrogens with two attached hydrogens (primary N) is 1. The normalized spacial score (nSPS) is 10.9. The largest absolute Gasteiger partial charge is 0.342 e. The molecule has 0 saturated heterocycles. The standard InChI is InChI=1S/C16H15ClFN5S/c17-14-7-4-8-15(18)13(14)11-19-9-10-24-16-20-21-22-23(16)12-5-2-1-3-6-12/h1-8,19H,9-11H2/p+1. The highest BCUT2D eigenvalue weighted by atomic mass is 35.5. The van der Waals surface area contributed by atoms with E-state index in [-0.39, 0.29) is 5.82 Å². The van der Waals surface area contributed by atoms with E-state index in [2.05, 4.69) is 15.5 Å². The van der Waals surface area contributed by atoms with Crippen molar-refractivity contribution in [2.24, 2.45) is 0 Å². The van der Waals surface area contributed by atoms with Crippen LogP contribution in [0.5, 0.6) is 0 Å². The molecule has 1 aromatic heterocycles. The number of tetrazole rings is 1. The number of hydrogen-bond donors (Lipinski definition) is 1. The van der Waals surface area contributed by atoms with E-state index in [0.29, 0.717) is 17.1 Å². The molecule has 3 aromatic rings. The summed E-state index contributed by atoms with van der Waals surface area (Å²) in [5, 5.41) is 15.0. The van der Waals surface area contributed by atoms with Crippen LogP contribution >= 0.6 is 23.4 Å². The molecule has 2 aromatic carbocycles. The third-order valence-electron chi connectivity index (χ3n) is 3.40. The van der Waals surface area contributed by atoms with Crippen LogP contribution < -0.4 is 5.32 Å². The highest BCUT2D eigenvalue weighted by Gasteiger charge is 2.10. The Morgan fingerprint density at radius 3 is 2.75 bits per heavy atom. The lowest BCUT2D eigenvalue weighted by Crippen LogP contribution is -2.83. The van der Waals surface area contributed by atoms with Crippen molar-refractivity contribution in [1.29, 1.82) is 0 Å². The van der Waals surface area contributed by atoms with Gasteiger partial charge >= 0.3 is 0 Å². The molecule has 0 bridgehead atoms. The van der Waals surface area contributed by atoms with Gasteiger partial charge in [-0.1, -0.05) is 47.6 Å². The van der Waals surface area contributed by atoms with Crippen LogP contribution in [0.4, 0.5) is 4.39 Å². The maximum atomic E-state index is 13.7. The Morgan fingerprint density at radius 1 is 1.12 bits per heavy atom. The number of halogens is 2. The van der Waals surface area contributed by atoms with E-state index in [0.717, 1.165) is 23.1 Å². The molecule has 3 rings (SSSR count). The van der Waals surface area contributed by atoms with Gasteiger partial charge in [0.15, 0.2) is 0 Å². The first-order valence-corrected chi connectivity index (χ1v) is 8.83.